The lowest BCUT2D eigenvalue weighted by Crippen LogP contribution is -2.26. The van der Waals surface area contributed by atoms with Gasteiger partial charge in [-0.05, 0) is 78.5 Å². The molecule has 3 aromatic carbocycles. The van der Waals surface area contributed by atoms with Crippen LogP contribution in [0.4, 0.5) is 16.2 Å². The van der Waals surface area contributed by atoms with Crippen LogP contribution >= 0.6 is 34.8 Å². The summed E-state index contributed by atoms with van der Waals surface area (Å²) in [6.45, 7) is 15.3. The van der Waals surface area contributed by atoms with Crippen molar-refractivity contribution in [2.24, 2.45) is 0 Å². The van der Waals surface area contributed by atoms with Crippen molar-refractivity contribution in [3.05, 3.63) is 74.2 Å². The van der Waals surface area contributed by atoms with Gasteiger partial charge in [-0.15, -0.1) is 0 Å². The fourth-order valence-electron chi connectivity index (χ4n) is 4.39. The molecule has 0 heterocycles. The van der Waals surface area contributed by atoms with Crippen LogP contribution < -0.4 is 20.1 Å². The predicted octanol–water partition coefficient (Wildman–Crippen LogP) is 9.43. The zero-order valence-electron chi connectivity index (χ0n) is 26.7. The van der Waals surface area contributed by atoms with Crippen molar-refractivity contribution >= 4 is 62.2 Å². The number of sulfonamides is 1. The van der Waals surface area contributed by atoms with Gasteiger partial charge in [0.1, 0.15) is 5.75 Å². The van der Waals surface area contributed by atoms with E-state index in [0.29, 0.717) is 18.6 Å². The van der Waals surface area contributed by atoms with Crippen molar-refractivity contribution in [3.63, 3.8) is 0 Å². The molecule has 0 unspecified atom stereocenters. The average Bonchev–Trinajstić information content (AvgIpc) is 2.99. The second-order valence-corrected chi connectivity index (χ2v) is 15.2. The second kappa shape index (κ2) is 14.8. The monoisotopic (exact) mass is 697 g/mol. The van der Waals surface area contributed by atoms with Crippen molar-refractivity contribution in [2.45, 2.75) is 83.5 Å². The summed E-state index contributed by atoms with van der Waals surface area (Å²) in [6.07, 6.45) is 2.38. The molecule has 0 radical (unpaired) electrons. The smallest absolute Gasteiger partial charge is 0.323 e. The number of phenols is 1. The van der Waals surface area contributed by atoms with E-state index in [1.165, 1.54) is 29.8 Å². The summed E-state index contributed by atoms with van der Waals surface area (Å²) in [4.78, 5) is 12.6. The quantitative estimate of drug-likeness (QED) is 0.105. The standard InChI is InChI=1S/C33H42Cl3N3O5S/c1-8-32(4,5)21-11-14-28(23(17-21)33(6,7)9-2)44-16-10-15-37-45(42,43)22-12-13-24(34)26(18-22)38-31(41)39-27-19-25(35)20(3)29(36)30(27)40/h11-14,17-19,37,40H,8-10,15-16H2,1-7H3,(H2,38,39,41). The molecule has 3 rings (SSSR count). The molecule has 0 aromatic heterocycles. The number of halogens is 3. The molecule has 0 saturated heterocycles. The zero-order valence-corrected chi connectivity index (χ0v) is 29.8. The molecule has 246 valence electrons. The highest BCUT2D eigenvalue weighted by Crippen LogP contribution is 2.40. The fourth-order valence-corrected chi connectivity index (χ4v) is 6.11. The summed E-state index contributed by atoms with van der Waals surface area (Å²) in [7, 11) is -3.93. The minimum Gasteiger partial charge on any atom is -0.504 e. The Labute approximate surface area is 281 Å². The third-order valence-electron chi connectivity index (χ3n) is 8.29. The number of nitrogens with one attached hydrogen (secondary N) is 3. The van der Waals surface area contributed by atoms with Crippen molar-refractivity contribution in [1.82, 2.24) is 4.72 Å². The van der Waals surface area contributed by atoms with E-state index in [-0.39, 0.29) is 54.5 Å². The van der Waals surface area contributed by atoms with Gasteiger partial charge in [-0.2, -0.15) is 0 Å². The molecule has 8 nitrogen and oxygen atoms in total. The largest absolute Gasteiger partial charge is 0.504 e. The highest BCUT2D eigenvalue weighted by atomic mass is 35.5. The van der Waals surface area contributed by atoms with E-state index >= 15 is 0 Å². The molecular formula is C33H42Cl3N3O5S. The maximum Gasteiger partial charge on any atom is 0.323 e. The Balaban J connectivity index is 1.64. The van der Waals surface area contributed by atoms with Crippen molar-refractivity contribution in [3.8, 4) is 11.5 Å². The first-order valence-corrected chi connectivity index (χ1v) is 17.4. The van der Waals surface area contributed by atoms with Crippen molar-refractivity contribution < 1.29 is 23.1 Å². The maximum atomic E-state index is 13.1. The summed E-state index contributed by atoms with van der Waals surface area (Å²) in [6, 6.07) is 10.9. The third-order valence-corrected chi connectivity index (χ3v) is 10.9. The van der Waals surface area contributed by atoms with Gasteiger partial charge in [0, 0.05) is 17.1 Å². The van der Waals surface area contributed by atoms with Crippen LogP contribution in [-0.2, 0) is 20.9 Å². The van der Waals surface area contributed by atoms with Gasteiger partial charge in [-0.1, -0.05) is 88.5 Å². The lowest BCUT2D eigenvalue weighted by Gasteiger charge is -2.30. The van der Waals surface area contributed by atoms with Gasteiger partial charge in [-0.25, -0.2) is 17.9 Å². The number of ether oxygens (including phenoxy) is 1. The summed E-state index contributed by atoms with van der Waals surface area (Å²) >= 11 is 18.4. The number of benzene rings is 3. The van der Waals surface area contributed by atoms with Gasteiger partial charge in [0.2, 0.25) is 10.0 Å². The van der Waals surface area contributed by atoms with E-state index in [2.05, 4.69) is 69.0 Å². The first-order chi connectivity index (χ1) is 20.9. The van der Waals surface area contributed by atoms with Crippen LogP contribution in [0, 0.1) is 6.92 Å². The Bertz CT molecular complexity index is 1660. The Hall–Kier alpha value is -2.69. The molecule has 0 fully saturated rings. The van der Waals surface area contributed by atoms with Crippen molar-refractivity contribution in [1.29, 1.82) is 0 Å². The number of carbonyl (C=O) groups is 1. The summed E-state index contributed by atoms with van der Waals surface area (Å²) < 4.78 is 34.9. The Morgan fingerprint density at radius 1 is 0.889 bits per heavy atom. The van der Waals surface area contributed by atoms with Gasteiger partial charge in [-0.3, -0.25) is 0 Å². The van der Waals surface area contributed by atoms with Crippen LogP contribution in [-0.4, -0.2) is 32.7 Å². The van der Waals surface area contributed by atoms with E-state index in [1.807, 2.05) is 6.07 Å². The average molecular weight is 699 g/mol. The molecule has 12 heteroatoms. The van der Waals surface area contributed by atoms with Gasteiger partial charge < -0.3 is 20.5 Å². The first kappa shape index (κ1) is 36.8. The maximum absolute atomic E-state index is 13.1. The number of carbonyl (C=O) groups excluding carboxylic acids is 1. The molecule has 4 N–H and O–H groups in total. The highest BCUT2D eigenvalue weighted by molar-refractivity contribution is 7.89. The van der Waals surface area contributed by atoms with Crippen LogP contribution in [0.1, 0.15) is 77.5 Å². The number of aromatic hydroxyl groups is 1. The van der Waals surface area contributed by atoms with Gasteiger partial charge >= 0.3 is 6.03 Å². The molecule has 0 aliphatic heterocycles. The number of phenolic OH excluding ortho intramolecular Hbond substituents is 1. The molecule has 2 amide bonds. The minimum absolute atomic E-state index is 0.000409. The SMILES string of the molecule is CCC(C)(C)c1ccc(OCCCNS(=O)(=O)c2ccc(Cl)c(NC(=O)Nc3cc(Cl)c(C)c(Cl)c3O)c2)c(C(C)(C)CC)c1. The molecule has 3 aromatic rings. The molecule has 0 aliphatic carbocycles. The topological polar surface area (TPSA) is 117 Å². The fraction of sp³-hybridized carbons (Fsp3) is 0.424. The number of urea groups is 1. The van der Waals surface area contributed by atoms with Crippen LogP contribution in [0.15, 0.2) is 47.4 Å². The Morgan fingerprint density at radius 2 is 1.53 bits per heavy atom. The first-order valence-electron chi connectivity index (χ1n) is 14.8. The summed E-state index contributed by atoms with van der Waals surface area (Å²) in [5.41, 5.74) is 2.83. The van der Waals surface area contributed by atoms with Gasteiger partial charge in [0.25, 0.3) is 0 Å². The number of amides is 2. The third kappa shape index (κ3) is 8.98. The van der Waals surface area contributed by atoms with E-state index in [9.17, 15) is 18.3 Å². The summed E-state index contributed by atoms with van der Waals surface area (Å²) in [5.74, 6) is 0.447. The molecule has 0 saturated carbocycles. The van der Waals surface area contributed by atoms with Crippen LogP contribution in [0.2, 0.25) is 15.1 Å². The van der Waals surface area contributed by atoms with Gasteiger partial charge in [0.05, 0.1) is 32.9 Å². The molecule has 0 spiro atoms. The highest BCUT2D eigenvalue weighted by Gasteiger charge is 2.27. The zero-order chi connectivity index (χ0) is 33.7. The summed E-state index contributed by atoms with van der Waals surface area (Å²) in [5, 5.41) is 15.6. The second-order valence-electron chi connectivity index (χ2n) is 12.2. The van der Waals surface area contributed by atoms with E-state index in [4.69, 9.17) is 39.5 Å². The van der Waals surface area contributed by atoms with Crippen LogP contribution in [0.25, 0.3) is 0 Å². The van der Waals surface area contributed by atoms with Crippen LogP contribution in [0.3, 0.4) is 0 Å². The lowest BCUT2D eigenvalue weighted by molar-refractivity contribution is 0.262. The lowest BCUT2D eigenvalue weighted by atomic mass is 9.76. The van der Waals surface area contributed by atoms with Crippen LogP contribution in [0.5, 0.6) is 11.5 Å². The van der Waals surface area contributed by atoms with E-state index < -0.39 is 16.1 Å². The predicted molar refractivity (Wildman–Crippen MR) is 185 cm³/mol. The molecule has 0 bridgehead atoms. The molecule has 0 aliphatic rings. The molecule has 45 heavy (non-hydrogen) atoms. The number of hydrogen-bond donors (Lipinski definition) is 4. The minimum atomic E-state index is -3.93. The van der Waals surface area contributed by atoms with E-state index in [1.54, 1.807) is 6.92 Å². The normalized spacial score (nSPS) is 12.2. The number of hydrogen-bond acceptors (Lipinski definition) is 5. The van der Waals surface area contributed by atoms with Crippen molar-refractivity contribution in [2.75, 3.05) is 23.8 Å². The Kier molecular flexibility index (Phi) is 12.1. The number of anilines is 2. The molecular weight excluding hydrogens is 657 g/mol. The Morgan fingerprint density at radius 3 is 2.18 bits per heavy atom. The van der Waals surface area contributed by atoms with Gasteiger partial charge in [0.15, 0.2) is 5.75 Å². The molecule has 0 atom stereocenters. The number of rotatable bonds is 13. The van der Waals surface area contributed by atoms with E-state index in [0.717, 1.165) is 24.2 Å².